The molecule has 0 bridgehead atoms. The lowest BCUT2D eigenvalue weighted by molar-refractivity contribution is -0.150. The summed E-state index contributed by atoms with van der Waals surface area (Å²) in [5.74, 6) is -1.59. The largest absolute Gasteiger partial charge is 0.470 e. The Kier molecular flexibility index (Phi) is 10.0. The van der Waals surface area contributed by atoms with Gasteiger partial charge in [-0.15, -0.1) is 0 Å². The Bertz CT molecular complexity index is 1510. The molecule has 0 radical (unpaired) electrons. The minimum absolute atomic E-state index is 0.0178. The second-order valence-electron chi connectivity index (χ2n) is 13.0. The number of aromatic nitrogens is 2. The molecule has 0 spiro atoms. The topological polar surface area (TPSA) is 149 Å². The lowest BCUT2D eigenvalue weighted by atomic mass is 10.0. The molecule has 3 aliphatic rings. The molecule has 0 unspecified atom stereocenters. The fourth-order valence-corrected chi connectivity index (χ4v) is 6.22. The molecule has 13 heteroatoms. The molecule has 46 heavy (non-hydrogen) atoms. The molecule has 12 nitrogen and oxygen atoms in total. The summed E-state index contributed by atoms with van der Waals surface area (Å²) >= 11 is 6.43. The number of carbonyl (C=O) groups excluding carboxylic acids is 4. The van der Waals surface area contributed by atoms with Crippen molar-refractivity contribution >= 4 is 46.5 Å². The zero-order chi connectivity index (χ0) is 33.1. The maximum absolute atomic E-state index is 14.2. The molecule has 5 rings (SSSR count). The van der Waals surface area contributed by atoms with Gasteiger partial charge in [0, 0.05) is 12.3 Å². The fourth-order valence-electron chi connectivity index (χ4n) is 6.04. The first kappa shape index (κ1) is 33.4. The SMILES string of the molecule is CCOC(=O)[C@@]12C[C@@H]1C=CCCCCC[C@H](NC(=O)OC(C)(C)C)C(=O)N1C[C@H](Oc3nc4ccccc4nc3Cl)C[C@H]1C(=O)N2. The van der Waals surface area contributed by atoms with Crippen molar-refractivity contribution < 1.29 is 33.4 Å². The number of ether oxygens (including phenoxy) is 3. The molecule has 2 aromatic rings. The number of hydrogen-bond donors (Lipinski definition) is 2. The number of benzene rings is 1. The highest BCUT2D eigenvalue weighted by atomic mass is 35.5. The van der Waals surface area contributed by atoms with Gasteiger partial charge in [-0.25, -0.2) is 19.6 Å². The van der Waals surface area contributed by atoms with E-state index in [2.05, 4.69) is 20.6 Å². The number of nitrogens with one attached hydrogen (secondary N) is 2. The summed E-state index contributed by atoms with van der Waals surface area (Å²) in [6.07, 6.45) is 6.60. The number of carbonyl (C=O) groups is 4. The zero-order valence-electron chi connectivity index (χ0n) is 26.7. The quantitative estimate of drug-likeness (QED) is 0.351. The first-order valence-electron chi connectivity index (χ1n) is 15.9. The van der Waals surface area contributed by atoms with Crippen molar-refractivity contribution in [1.29, 1.82) is 0 Å². The number of allylic oxidation sites excluding steroid dienone is 1. The molecule has 3 heterocycles. The van der Waals surface area contributed by atoms with E-state index < -0.39 is 53.2 Å². The number of fused-ring (bicyclic) bond motifs is 3. The Morgan fingerprint density at radius 3 is 2.59 bits per heavy atom. The smallest absolute Gasteiger partial charge is 0.408 e. The first-order valence-corrected chi connectivity index (χ1v) is 16.3. The van der Waals surface area contributed by atoms with Crippen molar-refractivity contribution in [3.05, 3.63) is 41.6 Å². The maximum atomic E-state index is 14.2. The Morgan fingerprint density at radius 2 is 1.87 bits per heavy atom. The van der Waals surface area contributed by atoms with Crippen molar-refractivity contribution in [3.8, 4) is 5.88 Å². The molecule has 5 atom stereocenters. The highest BCUT2D eigenvalue weighted by molar-refractivity contribution is 6.31. The molecular formula is C33H42ClN5O7. The third-order valence-corrected chi connectivity index (χ3v) is 8.59. The molecule has 1 aromatic heterocycles. The van der Waals surface area contributed by atoms with E-state index >= 15 is 0 Å². The van der Waals surface area contributed by atoms with Crippen molar-refractivity contribution in [3.63, 3.8) is 0 Å². The van der Waals surface area contributed by atoms with Gasteiger partial charge in [0.05, 0.1) is 24.2 Å². The van der Waals surface area contributed by atoms with Crippen LogP contribution < -0.4 is 15.4 Å². The zero-order valence-corrected chi connectivity index (χ0v) is 27.5. The van der Waals surface area contributed by atoms with Gasteiger partial charge in [0.2, 0.25) is 11.8 Å². The van der Waals surface area contributed by atoms with Crippen LogP contribution in [0.1, 0.15) is 72.6 Å². The summed E-state index contributed by atoms with van der Waals surface area (Å²) < 4.78 is 17.0. The van der Waals surface area contributed by atoms with Gasteiger partial charge in [-0.2, -0.15) is 0 Å². The molecule has 1 saturated heterocycles. The van der Waals surface area contributed by atoms with E-state index in [9.17, 15) is 19.2 Å². The summed E-state index contributed by atoms with van der Waals surface area (Å²) in [6.45, 7) is 7.13. The second-order valence-corrected chi connectivity index (χ2v) is 13.4. The van der Waals surface area contributed by atoms with Crippen LogP contribution in [0.4, 0.5) is 4.79 Å². The molecule has 2 N–H and O–H groups in total. The van der Waals surface area contributed by atoms with Crippen molar-refractivity contribution in [1.82, 2.24) is 25.5 Å². The van der Waals surface area contributed by atoms with Gasteiger partial charge < -0.3 is 29.7 Å². The summed E-state index contributed by atoms with van der Waals surface area (Å²) in [5.41, 5.74) is -0.800. The van der Waals surface area contributed by atoms with E-state index in [1.54, 1.807) is 39.8 Å². The van der Waals surface area contributed by atoms with Crippen LogP contribution in [-0.2, 0) is 23.9 Å². The average molecular weight is 656 g/mol. The maximum Gasteiger partial charge on any atom is 0.408 e. The number of nitrogens with zero attached hydrogens (tertiary/aromatic N) is 3. The highest BCUT2D eigenvalue weighted by Gasteiger charge is 2.62. The van der Waals surface area contributed by atoms with Gasteiger partial charge in [0.25, 0.3) is 5.88 Å². The van der Waals surface area contributed by atoms with Crippen molar-refractivity contribution in [2.24, 2.45) is 5.92 Å². The summed E-state index contributed by atoms with van der Waals surface area (Å²) in [7, 11) is 0. The van der Waals surface area contributed by atoms with Gasteiger partial charge >= 0.3 is 12.1 Å². The number of para-hydroxylation sites is 2. The van der Waals surface area contributed by atoms with E-state index in [-0.39, 0.29) is 36.5 Å². The normalized spacial score (nSPS) is 27.0. The van der Waals surface area contributed by atoms with Gasteiger partial charge in [-0.3, -0.25) is 9.59 Å². The molecule has 248 valence electrons. The number of alkyl carbamates (subject to hydrolysis) is 1. The van der Waals surface area contributed by atoms with Crippen LogP contribution in [0.15, 0.2) is 36.4 Å². The van der Waals surface area contributed by atoms with Crippen molar-refractivity contribution in [2.45, 2.75) is 102 Å². The van der Waals surface area contributed by atoms with Gasteiger partial charge in [0.15, 0.2) is 5.15 Å². The average Bonchev–Trinajstić information content (AvgIpc) is 3.52. The highest BCUT2D eigenvalue weighted by Crippen LogP contribution is 2.46. The Labute approximate surface area is 273 Å². The molecule has 2 aliphatic heterocycles. The Balaban J connectivity index is 1.45. The molecule has 3 amide bonds. The van der Waals surface area contributed by atoms with Gasteiger partial charge in [-0.1, -0.05) is 48.7 Å². The van der Waals surface area contributed by atoms with E-state index in [0.29, 0.717) is 30.3 Å². The first-order chi connectivity index (χ1) is 21.9. The van der Waals surface area contributed by atoms with Crippen LogP contribution in [0.25, 0.3) is 11.0 Å². The third-order valence-electron chi connectivity index (χ3n) is 8.35. The van der Waals surface area contributed by atoms with Crippen LogP contribution in [0.3, 0.4) is 0 Å². The summed E-state index contributed by atoms with van der Waals surface area (Å²) in [4.78, 5) is 64.5. The minimum atomic E-state index is -1.21. The second kappa shape index (κ2) is 13.8. The molecule has 1 aromatic carbocycles. The summed E-state index contributed by atoms with van der Waals surface area (Å²) in [6, 6.07) is 5.26. The lowest BCUT2D eigenvalue weighted by Gasteiger charge is -2.30. The molecule has 1 saturated carbocycles. The number of rotatable bonds is 5. The number of hydrogen-bond acceptors (Lipinski definition) is 9. The predicted octanol–water partition coefficient (Wildman–Crippen LogP) is 4.48. The monoisotopic (exact) mass is 655 g/mol. The van der Waals surface area contributed by atoms with Crippen LogP contribution in [0.2, 0.25) is 5.15 Å². The molecule has 1 aliphatic carbocycles. The van der Waals surface area contributed by atoms with E-state index in [1.165, 1.54) is 4.90 Å². The van der Waals surface area contributed by atoms with Crippen LogP contribution in [0, 0.1) is 5.92 Å². The third kappa shape index (κ3) is 7.71. The van der Waals surface area contributed by atoms with E-state index in [0.717, 1.165) is 19.3 Å². The standard InChI is InChI=1S/C33H42ClN5O7/c1-5-44-30(42)33-18-20(33)13-9-7-6-8-10-16-24(37-31(43)46-32(2,3)4)29(41)39-19-21(17-25(39)27(40)38-33)45-28-26(34)35-22-14-11-12-15-23(22)36-28/h9,11-15,20-21,24-25H,5-8,10,16-19H2,1-4H3,(H,37,43)(H,38,40)/t20-,21+,24-,25-,33+/m0/s1. The summed E-state index contributed by atoms with van der Waals surface area (Å²) in [5, 5.41) is 5.73. The van der Waals surface area contributed by atoms with Crippen molar-refractivity contribution in [2.75, 3.05) is 13.2 Å². The number of halogens is 1. The van der Waals surface area contributed by atoms with Crippen LogP contribution in [-0.4, -0.2) is 81.2 Å². The Morgan fingerprint density at radius 1 is 1.13 bits per heavy atom. The van der Waals surface area contributed by atoms with Crippen LogP contribution in [0.5, 0.6) is 5.88 Å². The number of amides is 3. The number of esters is 1. The molecule has 2 fully saturated rings. The molecular weight excluding hydrogens is 614 g/mol. The van der Waals surface area contributed by atoms with Crippen LogP contribution >= 0.6 is 11.6 Å². The van der Waals surface area contributed by atoms with Gasteiger partial charge in [0.1, 0.15) is 29.3 Å². The van der Waals surface area contributed by atoms with E-state index in [4.69, 9.17) is 25.8 Å². The lowest BCUT2D eigenvalue weighted by Crippen LogP contribution is -2.56. The predicted molar refractivity (Wildman–Crippen MR) is 170 cm³/mol. The Hall–Kier alpha value is -3.93. The fraction of sp³-hybridized carbons (Fsp3) is 0.576. The van der Waals surface area contributed by atoms with E-state index in [1.807, 2.05) is 24.3 Å². The minimum Gasteiger partial charge on any atom is -0.470 e. The van der Waals surface area contributed by atoms with Gasteiger partial charge in [-0.05, 0) is 65.5 Å².